The van der Waals surface area contributed by atoms with Crippen LogP contribution in [0.25, 0.3) is 49.9 Å². The highest BCUT2D eigenvalue weighted by Gasteiger charge is 2.53. The van der Waals surface area contributed by atoms with E-state index in [1.807, 2.05) is 0 Å². The minimum Gasteiger partial charge on any atom is -0.309 e. The van der Waals surface area contributed by atoms with Gasteiger partial charge in [-0.1, -0.05) is 170 Å². The van der Waals surface area contributed by atoms with Crippen molar-refractivity contribution in [3.8, 4) is 16.8 Å². The summed E-state index contributed by atoms with van der Waals surface area (Å²) in [5, 5.41) is 2.51. The first-order valence-electron chi connectivity index (χ1n) is 17.6. The summed E-state index contributed by atoms with van der Waals surface area (Å²) >= 11 is 0. The Hall–Kier alpha value is -6.51. The number of aromatic nitrogens is 1. The Labute approximate surface area is 298 Å². The number of benzene rings is 7. The number of aliphatic imine (C=N–C) groups is 1. The number of rotatable bonds is 5. The highest BCUT2D eigenvalue weighted by Crippen LogP contribution is 2.62. The molecule has 0 amide bonds. The lowest BCUT2D eigenvalue weighted by molar-refractivity contribution is 0.746. The summed E-state index contributed by atoms with van der Waals surface area (Å²) in [4.78, 5) is 5.63. The van der Waals surface area contributed by atoms with Crippen LogP contribution in [0.5, 0.6) is 0 Å². The smallest absolute Gasteiger partial charge is 0.0776 e. The van der Waals surface area contributed by atoms with Gasteiger partial charge in [-0.15, -0.1) is 0 Å². The van der Waals surface area contributed by atoms with Crippen molar-refractivity contribution < 1.29 is 0 Å². The number of hydrogen-bond acceptors (Lipinski definition) is 1. The Kier molecular flexibility index (Phi) is 6.50. The van der Waals surface area contributed by atoms with Crippen molar-refractivity contribution in [2.75, 3.05) is 0 Å². The second-order valence-corrected chi connectivity index (χ2v) is 13.6. The molecule has 8 aromatic rings. The van der Waals surface area contributed by atoms with Crippen molar-refractivity contribution in [1.29, 1.82) is 0 Å². The summed E-state index contributed by atoms with van der Waals surface area (Å²) in [7, 11) is 0. The summed E-state index contributed by atoms with van der Waals surface area (Å²) < 4.78 is 2.48. The first kappa shape index (κ1) is 29.4. The topological polar surface area (TPSA) is 17.3 Å². The molecule has 51 heavy (non-hydrogen) atoms. The molecule has 10 rings (SSSR count). The molecule has 0 fully saturated rings. The number of fused-ring (bicyclic) bond motifs is 9. The third-order valence-electron chi connectivity index (χ3n) is 11.0. The van der Waals surface area contributed by atoms with Crippen LogP contribution in [0.15, 0.2) is 193 Å². The highest BCUT2D eigenvalue weighted by atomic mass is 15.0. The van der Waals surface area contributed by atoms with E-state index in [0.717, 1.165) is 39.2 Å². The number of hydrogen-bond donors (Lipinski definition) is 0. The fraction of sp³-hybridized carbons (Fsp3) is 0.0408. The largest absolute Gasteiger partial charge is 0.309 e. The molecule has 0 radical (unpaired) electrons. The van der Waals surface area contributed by atoms with Crippen molar-refractivity contribution in [3.63, 3.8) is 0 Å². The van der Waals surface area contributed by atoms with Crippen molar-refractivity contribution in [1.82, 2.24) is 4.57 Å². The van der Waals surface area contributed by atoms with Crippen LogP contribution in [-0.2, 0) is 5.41 Å². The monoisotopic (exact) mass is 650 g/mol. The predicted molar refractivity (Wildman–Crippen MR) is 214 cm³/mol. The van der Waals surface area contributed by atoms with E-state index < -0.39 is 5.41 Å². The lowest BCUT2D eigenvalue weighted by Gasteiger charge is -2.41. The fourth-order valence-corrected chi connectivity index (χ4v) is 8.76. The second-order valence-electron chi connectivity index (χ2n) is 13.6. The minimum absolute atomic E-state index is 0.653. The molecule has 2 aliphatic rings. The van der Waals surface area contributed by atoms with Gasteiger partial charge in [-0.2, -0.15) is 0 Å². The molecule has 2 heterocycles. The third-order valence-corrected chi connectivity index (χ3v) is 11.0. The van der Waals surface area contributed by atoms with E-state index >= 15 is 0 Å². The van der Waals surface area contributed by atoms with E-state index in [-0.39, 0.29) is 0 Å². The predicted octanol–water partition coefficient (Wildman–Crippen LogP) is 12.0. The third kappa shape index (κ3) is 4.14. The Balaban J connectivity index is 1.31. The molecule has 7 aromatic carbocycles. The molecule has 1 aromatic heterocycles. The Morgan fingerprint density at radius 3 is 1.94 bits per heavy atom. The average molecular weight is 651 g/mol. The highest BCUT2D eigenvalue weighted by molar-refractivity contribution is 6.14. The number of allylic oxidation sites excluding steroid dienone is 2. The molecule has 0 saturated heterocycles. The van der Waals surface area contributed by atoms with Crippen LogP contribution >= 0.6 is 0 Å². The van der Waals surface area contributed by atoms with Gasteiger partial charge in [0, 0.05) is 27.6 Å². The summed E-state index contributed by atoms with van der Waals surface area (Å²) in [6.07, 6.45) is 0. The van der Waals surface area contributed by atoms with Crippen molar-refractivity contribution >= 4 is 38.8 Å². The van der Waals surface area contributed by atoms with Gasteiger partial charge < -0.3 is 4.57 Å². The summed E-state index contributed by atoms with van der Waals surface area (Å²) in [6, 6.07) is 63.4. The van der Waals surface area contributed by atoms with E-state index in [1.165, 1.54) is 55.3 Å². The molecule has 0 saturated carbocycles. The SMILES string of the molecule is C=C(C1=C(N=C(C)c2ccc(-c3ccccc3)cc2)c2ccccc2C12c1ccccc1-n1c3ccccc3c3cccc2c31)c1ccccc1. The molecule has 1 aliphatic carbocycles. The molecule has 1 unspecified atom stereocenters. The lowest BCUT2D eigenvalue weighted by Crippen LogP contribution is -2.35. The van der Waals surface area contributed by atoms with Crippen molar-refractivity contribution in [2.45, 2.75) is 12.3 Å². The summed E-state index contributed by atoms with van der Waals surface area (Å²) in [5.41, 5.74) is 16.5. The Morgan fingerprint density at radius 2 is 1.14 bits per heavy atom. The van der Waals surface area contributed by atoms with Gasteiger partial charge in [-0.25, -0.2) is 0 Å². The van der Waals surface area contributed by atoms with Crippen LogP contribution in [0.4, 0.5) is 0 Å². The lowest BCUT2D eigenvalue weighted by atomic mass is 9.63. The van der Waals surface area contributed by atoms with Gasteiger partial charge in [-0.3, -0.25) is 4.99 Å². The maximum Gasteiger partial charge on any atom is 0.0776 e. The van der Waals surface area contributed by atoms with E-state index in [1.54, 1.807) is 0 Å². The van der Waals surface area contributed by atoms with Gasteiger partial charge in [0.1, 0.15) is 0 Å². The molecule has 1 aliphatic heterocycles. The van der Waals surface area contributed by atoms with Crippen molar-refractivity contribution in [2.24, 2.45) is 4.99 Å². The fourth-order valence-electron chi connectivity index (χ4n) is 8.76. The zero-order valence-corrected chi connectivity index (χ0v) is 28.3. The maximum atomic E-state index is 5.63. The molecule has 0 N–H and O–H groups in total. The Morgan fingerprint density at radius 1 is 0.529 bits per heavy atom. The van der Waals surface area contributed by atoms with Crippen LogP contribution in [-0.4, -0.2) is 10.3 Å². The van der Waals surface area contributed by atoms with Crippen LogP contribution < -0.4 is 0 Å². The van der Waals surface area contributed by atoms with Gasteiger partial charge in [0.2, 0.25) is 0 Å². The molecule has 1 atom stereocenters. The maximum absolute atomic E-state index is 5.63. The molecule has 240 valence electrons. The zero-order valence-electron chi connectivity index (χ0n) is 28.3. The average Bonchev–Trinajstić information content (AvgIpc) is 3.69. The van der Waals surface area contributed by atoms with Gasteiger partial charge in [0.15, 0.2) is 0 Å². The number of para-hydroxylation sites is 3. The molecular weight excluding hydrogens is 617 g/mol. The van der Waals surface area contributed by atoms with Gasteiger partial charge >= 0.3 is 0 Å². The quantitative estimate of drug-likeness (QED) is 0.165. The molecular formula is C49H34N2. The summed E-state index contributed by atoms with van der Waals surface area (Å²) in [5.74, 6) is 0. The van der Waals surface area contributed by atoms with E-state index in [4.69, 9.17) is 11.6 Å². The van der Waals surface area contributed by atoms with Crippen LogP contribution in [0.2, 0.25) is 0 Å². The zero-order chi connectivity index (χ0) is 34.1. The van der Waals surface area contributed by atoms with Crippen LogP contribution in [0, 0.1) is 0 Å². The second kappa shape index (κ2) is 11.3. The molecule has 1 spiro atoms. The van der Waals surface area contributed by atoms with Gasteiger partial charge in [0.05, 0.1) is 27.8 Å². The van der Waals surface area contributed by atoms with Crippen molar-refractivity contribution in [3.05, 3.63) is 221 Å². The Bertz CT molecular complexity index is 2740. The minimum atomic E-state index is -0.653. The normalized spacial score (nSPS) is 16.1. The molecule has 2 heteroatoms. The first-order valence-corrected chi connectivity index (χ1v) is 17.6. The summed E-state index contributed by atoms with van der Waals surface area (Å²) in [6.45, 7) is 7.05. The molecule has 0 bridgehead atoms. The van der Waals surface area contributed by atoms with Crippen LogP contribution in [0.3, 0.4) is 0 Å². The van der Waals surface area contributed by atoms with Crippen LogP contribution in [0.1, 0.15) is 40.3 Å². The van der Waals surface area contributed by atoms with E-state index in [2.05, 4.69) is 187 Å². The van der Waals surface area contributed by atoms with E-state index in [0.29, 0.717) is 0 Å². The number of nitrogens with zero attached hydrogens (tertiary/aromatic N) is 2. The van der Waals surface area contributed by atoms with E-state index in [9.17, 15) is 0 Å². The molecule has 2 nitrogen and oxygen atoms in total. The van der Waals surface area contributed by atoms with Gasteiger partial charge in [0.25, 0.3) is 0 Å². The first-order chi connectivity index (χ1) is 25.2. The van der Waals surface area contributed by atoms with Gasteiger partial charge in [-0.05, 0) is 63.6 Å². The standard InChI is InChI=1S/C49H34N2/c1-32(34-16-5-3-6-17-34)46-47(50-33(2)35-28-30-37(31-29-35)36-18-7-4-8-19-36)40-21-9-11-23-41(40)49(46)42-24-12-14-27-45(42)51-44-26-13-10-20-38(44)39-22-15-25-43(49)48(39)51/h3-31H,1H2,2H3.